The fourth-order valence-electron chi connectivity index (χ4n) is 1.47. The van der Waals surface area contributed by atoms with Crippen molar-refractivity contribution in [1.29, 1.82) is 0 Å². The molecule has 13 heavy (non-hydrogen) atoms. The van der Waals surface area contributed by atoms with Crippen LogP contribution in [0.15, 0.2) is 12.1 Å². The summed E-state index contributed by atoms with van der Waals surface area (Å²) in [6, 6.07) is 1.87. The van der Waals surface area contributed by atoms with Crippen LogP contribution < -0.4 is 0 Å². The molecule has 1 amide bonds. The SMILES string of the molecule is CN1Cc2c(F)cc(F)cc2C1=O. The van der Waals surface area contributed by atoms with Crippen LogP contribution >= 0.6 is 0 Å². The number of benzene rings is 1. The van der Waals surface area contributed by atoms with Gasteiger partial charge < -0.3 is 4.90 Å². The minimum atomic E-state index is -0.708. The second kappa shape index (κ2) is 2.52. The smallest absolute Gasteiger partial charge is 0.254 e. The lowest BCUT2D eigenvalue weighted by Gasteiger charge is -2.04. The number of hydrogen-bond donors (Lipinski definition) is 0. The van der Waals surface area contributed by atoms with Crippen LogP contribution in [0.4, 0.5) is 8.78 Å². The van der Waals surface area contributed by atoms with E-state index in [4.69, 9.17) is 0 Å². The first-order valence-electron chi connectivity index (χ1n) is 3.83. The number of rotatable bonds is 0. The average Bonchev–Trinajstić information content (AvgIpc) is 2.32. The largest absolute Gasteiger partial charge is 0.337 e. The molecular weight excluding hydrogens is 176 g/mol. The summed E-state index contributed by atoms with van der Waals surface area (Å²) in [4.78, 5) is 12.6. The maximum atomic E-state index is 13.1. The summed E-state index contributed by atoms with van der Waals surface area (Å²) in [6.07, 6.45) is 0. The van der Waals surface area contributed by atoms with E-state index in [9.17, 15) is 13.6 Å². The summed E-state index contributed by atoms with van der Waals surface area (Å²) in [5, 5.41) is 0. The molecule has 0 aromatic heterocycles. The number of nitrogens with zero attached hydrogens (tertiary/aromatic N) is 1. The van der Waals surface area contributed by atoms with Gasteiger partial charge in [0.2, 0.25) is 0 Å². The molecule has 4 heteroatoms. The van der Waals surface area contributed by atoms with Crippen LogP contribution in [0.3, 0.4) is 0 Å². The first kappa shape index (κ1) is 8.16. The first-order valence-corrected chi connectivity index (χ1v) is 3.83. The summed E-state index contributed by atoms with van der Waals surface area (Å²) < 4.78 is 25.8. The Bertz CT molecular complexity index is 389. The van der Waals surface area contributed by atoms with Gasteiger partial charge in [-0.2, -0.15) is 0 Å². The average molecular weight is 183 g/mol. The van der Waals surface area contributed by atoms with Crippen molar-refractivity contribution < 1.29 is 13.6 Å². The van der Waals surface area contributed by atoms with Crippen molar-refractivity contribution in [2.75, 3.05) is 7.05 Å². The molecule has 2 rings (SSSR count). The van der Waals surface area contributed by atoms with Gasteiger partial charge in [0.1, 0.15) is 11.6 Å². The summed E-state index contributed by atoms with van der Waals surface area (Å²) in [6.45, 7) is 0.223. The normalized spacial score (nSPS) is 15.0. The summed E-state index contributed by atoms with van der Waals surface area (Å²) in [5.41, 5.74) is 0.425. The third-order valence-corrected chi connectivity index (χ3v) is 2.13. The highest BCUT2D eigenvalue weighted by Gasteiger charge is 2.27. The Labute approximate surface area is 73.8 Å². The van der Waals surface area contributed by atoms with Gasteiger partial charge in [-0.3, -0.25) is 4.79 Å². The number of hydrogen-bond acceptors (Lipinski definition) is 1. The molecule has 0 spiro atoms. The Balaban J connectivity index is 2.64. The minimum absolute atomic E-state index is 0.139. The van der Waals surface area contributed by atoms with Crippen LogP contribution in [0, 0.1) is 11.6 Å². The molecule has 0 bridgehead atoms. The van der Waals surface area contributed by atoms with Crippen molar-refractivity contribution in [1.82, 2.24) is 4.90 Å². The van der Waals surface area contributed by atoms with E-state index in [0.29, 0.717) is 0 Å². The molecule has 0 N–H and O–H groups in total. The van der Waals surface area contributed by atoms with Crippen molar-refractivity contribution in [3.63, 3.8) is 0 Å². The molecule has 68 valence electrons. The van der Waals surface area contributed by atoms with Gasteiger partial charge in [0.05, 0.1) is 5.56 Å². The molecule has 0 atom stereocenters. The third-order valence-electron chi connectivity index (χ3n) is 2.13. The van der Waals surface area contributed by atoms with Crippen molar-refractivity contribution in [2.45, 2.75) is 6.54 Å². The molecule has 2 nitrogen and oxygen atoms in total. The van der Waals surface area contributed by atoms with Crippen molar-refractivity contribution >= 4 is 5.91 Å². The van der Waals surface area contributed by atoms with E-state index in [-0.39, 0.29) is 23.6 Å². The highest BCUT2D eigenvalue weighted by atomic mass is 19.1. The lowest BCUT2D eigenvalue weighted by atomic mass is 10.1. The Morgan fingerprint density at radius 2 is 2.08 bits per heavy atom. The number of carbonyl (C=O) groups is 1. The van der Waals surface area contributed by atoms with Gasteiger partial charge in [-0.25, -0.2) is 8.78 Å². The summed E-state index contributed by atoms with van der Waals surface area (Å²) >= 11 is 0. The molecule has 0 aliphatic carbocycles. The Kier molecular flexibility index (Phi) is 1.58. The van der Waals surface area contributed by atoms with E-state index < -0.39 is 11.6 Å². The molecule has 1 aliphatic heterocycles. The van der Waals surface area contributed by atoms with Gasteiger partial charge in [-0.1, -0.05) is 0 Å². The second-order valence-corrected chi connectivity index (χ2v) is 3.07. The quantitative estimate of drug-likeness (QED) is 0.597. The predicted molar refractivity (Wildman–Crippen MR) is 42.2 cm³/mol. The van der Waals surface area contributed by atoms with Crippen LogP contribution in [-0.4, -0.2) is 17.9 Å². The van der Waals surface area contributed by atoms with Crippen molar-refractivity contribution in [3.05, 3.63) is 34.9 Å². The van der Waals surface area contributed by atoms with E-state index in [0.717, 1.165) is 12.1 Å². The van der Waals surface area contributed by atoms with E-state index >= 15 is 0 Å². The predicted octanol–water partition coefficient (Wildman–Crippen LogP) is 1.55. The van der Waals surface area contributed by atoms with Gasteiger partial charge in [-0.15, -0.1) is 0 Å². The fraction of sp³-hybridized carbons (Fsp3) is 0.222. The van der Waals surface area contributed by atoms with E-state index in [1.54, 1.807) is 7.05 Å². The maximum absolute atomic E-state index is 13.1. The molecule has 0 saturated heterocycles. The van der Waals surface area contributed by atoms with E-state index in [1.165, 1.54) is 4.90 Å². The maximum Gasteiger partial charge on any atom is 0.254 e. The van der Waals surface area contributed by atoms with Crippen LogP contribution in [0.25, 0.3) is 0 Å². The van der Waals surface area contributed by atoms with E-state index in [1.807, 2.05) is 0 Å². The molecule has 0 fully saturated rings. The number of halogens is 2. The minimum Gasteiger partial charge on any atom is -0.337 e. The van der Waals surface area contributed by atoms with Gasteiger partial charge in [0.15, 0.2) is 0 Å². The van der Waals surface area contributed by atoms with Gasteiger partial charge in [-0.05, 0) is 6.07 Å². The molecular formula is C9H7F2NO. The highest BCUT2D eigenvalue weighted by Crippen LogP contribution is 2.24. The summed E-state index contributed by atoms with van der Waals surface area (Å²) in [7, 11) is 1.56. The molecule has 1 aromatic rings. The van der Waals surface area contributed by atoms with Gasteiger partial charge in [0, 0.05) is 25.2 Å². The standard InChI is InChI=1S/C9H7F2NO/c1-12-4-7-6(9(12)13)2-5(10)3-8(7)11/h2-3H,4H2,1H3. The van der Waals surface area contributed by atoms with Gasteiger partial charge in [0.25, 0.3) is 5.91 Å². The summed E-state index contributed by atoms with van der Waals surface area (Å²) in [5.74, 6) is -1.68. The Morgan fingerprint density at radius 3 is 2.77 bits per heavy atom. The van der Waals surface area contributed by atoms with E-state index in [2.05, 4.69) is 0 Å². The Hall–Kier alpha value is -1.45. The number of amides is 1. The second-order valence-electron chi connectivity index (χ2n) is 3.07. The van der Waals surface area contributed by atoms with Crippen LogP contribution in [0.1, 0.15) is 15.9 Å². The van der Waals surface area contributed by atoms with Gasteiger partial charge >= 0.3 is 0 Å². The van der Waals surface area contributed by atoms with Crippen LogP contribution in [0.5, 0.6) is 0 Å². The van der Waals surface area contributed by atoms with Crippen molar-refractivity contribution in [3.8, 4) is 0 Å². The monoisotopic (exact) mass is 183 g/mol. The fourth-order valence-corrected chi connectivity index (χ4v) is 1.47. The van der Waals surface area contributed by atoms with Crippen LogP contribution in [-0.2, 0) is 6.54 Å². The molecule has 0 saturated carbocycles. The zero-order chi connectivity index (χ0) is 9.59. The zero-order valence-corrected chi connectivity index (χ0v) is 6.97. The zero-order valence-electron chi connectivity index (χ0n) is 6.97. The lowest BCUT2D eigenvalue weighted by molar-refractivity contribution is 0.0816. The number of fused-ring (bicyclic) bond motifs is 1. The molecule has 1 aliphatic rings. The topological polar surface area (TPSA) is 20.3 Å². The van der Waals surface area contributed by atoms with Crippen molar-refractivity contribution in [2.24, 2.45) is 0 Å². The van der Waals surface area contributed by atoms with Crippen LogP contribution in [0.2, 0.25) is 0 Å². The molecule has 1 heterocycles. The molecule has 0 unspecified atom stereocenters. The molecule has 1 aromatic carbocycles. The highest BCUT2D eigenvalue weighted by molar-refractivity contribution is 5.98. The Morgan fingerprint density at radius 1 is 1.38 bits per heavy atom. The third kappa shape index (κ3) is 1.09. The number of carbonyl (C=O) groups excluding carboxylic acids is 1. The molecule has 0 radical (unpaired) electrons. The lowest BCUT2D eigenvalue weighted by Crippen LogP contribution is -2.17. The first-order chi connectivity index (χ1) is 6.09.